The molecule has 26 heavy (non-hydrogen) atoms. The molecule has 6 heteroatoms. The van der Waals surface area contributed by atoms with Crippen LogP contribution in [0.2, 0.25) is 0 Å². The summed E-state index contributed by atoms with van der Waals surface area (Å²) in [5.41, 5.74) is 1.74. The highest BCUT2D eigenvalue weighted by atomic mass is 32.1. The van der Waals surface area contributed by atoms with Crippen molar-refractivity contribution in [3.8, 4) is 11.5 Å². The molecular weight excluding hydrogens is 348 g/mol. The maximum Gasteiger partial charge on any atom is 0.257 e. The molecule has 4 rings (SSSR count). The molecule has 5 nitrogen and oxygen atoms in total. The van der Waals surface area contributed by atoms with Crippen molar-refractivity contribution >= 4 is 22.4 Å². The van der Waals surface area contributed by atoms with Gasteiger partial charge >= 0.3 is 0 Å². The topological polar surface area (TPSA) is 60.5 Å². The van der Waals surface area contributed by atoms with Crippen molar-refractivity contribution in [2.75, 3.05) is 18.5 Å². The Hall–Kier alpha value is -2.86. The number of hydrogen-bond acceptors (Lipinski definition) is 5. The number of rotatable bonds is 4. The van der Waals surface area contributed by atoms with Crippen LogP contribution in [-0.2, 0) is 6.42 Å². The molecule has 0 atom stereocenters. The fourth-order valence-corrected chi connectivity index (χ4v) is 3.56. The molecule has 0 spiro atoms. The van der Waals surface area contributed by atoms with E-state index in [1.807, 2.05) is 18.2 Å². The molecule has 0 bridgehead atoms. The number of ether oxygens (including phenoxy) is 2. The van der Waals surface area contributed by atoms with E-state index < -0.39 is 0 Å². The molecule has 0 saturated heterocycles. The van der Waals surface area contributed by atoms with Crippen LogP contribution < -0.4 is 14.8 Å². The van der Waals surface area contributed by atoms with E-state index in [0.717, 1.165) is 17.7 Å². The quantitative estimate of drug-likeness (QED) is 0.754. The molecule has 1 aromatic heterocycles. The zero-order valence-corrected chi connectivity index (χ0v) is 14.9. The second-order valence-corrected chi connectivity index (χ2v) is 7.08. The zero-order valence-electron chi connectivity index (χ0n) is 14.1. The van der Waals surface area contributed by atoms with Gasteiger partial charge in [-0.05, 0) is 23.8 Å². The fourth-order valence-electron chi connectivity index (χ4n) is 2.72. The highest BCUT2D eigenvalue weighted by Gasteiger charge is 2.15. The lowest BCUT2D eigenvalue weighted by molar-refractivity contribution is 0.102. The number of fused-ring (bicyclic) bond motifs is 1. The summed E-state index contributed by atoms with van der Waals surface area (Å²) < 4.78 is 11.2. The molecule has 132 valence electrons. The van der Waals surface area contributed by atoms with Crippen LogP contribution in [0.25, 0.3) is 0 Å². The van der Waals surface area contributed by atoms with Crippen LogP contribution in [-0.4, -0.2) is 24.1 Å². The van der Waals surface area contributed by atoms with Crippen molar-refractivity contribution in [1.82, 2.24) is 4.98 Å². The standard InChI is InChI=1S/C20H18N2O3S/c23-19(15-7-8-17-18(12-15)25-10-4-9-24-17)22-20-21-13-16(26-20)11-14-5-2-1-3-6-14/h1-3,5-8,12-13H,4,9-11H2,(H,21,22,23). The van der Waals surface area contributed by atoms with Crippen molar-refractivity contribution in [3.05, 3.63) is 70.7 Å². The first-order chi connectivity index (χ1) is 12.8. The van der Waals surface area contributed by atoms with Crippen LogP contribution in [0.3, 0.4) is 0 Å². The summed E-state index contributed by atoms with van der Waals surface area (Å²) in [4.78, 5) is 17.9. The lowest BCUT2D eigenvalue weighted by Crippen LogP contribution is -2.11. The summed E-state index contributed by atoms with van der Waals surface area (Å²) in [7, 11) is 0. The zero-order chi connectivity index (χ0) is 17.8. The third kappa shape index (κ3) is 3.86. The number of nitrogens with one attached hydrogen (secondary N) is 1. The van der Waals surface area contributed by atoms with Gasteiger partial charge in [0.1, 0.15) is 0 Å². The van der Waals surface area contributed by atoms with Crippen LogP contribution in [0, 0.1) is 0 Å². The molecule has 1 aliphatic heterocycles. The Morgan fingerprint density at radius 2 is 1.88 bits per heavy atom. The Labute approximate surface area is 155 Å². The van der Waals surface area contributed by atoms with Crippen molar-refractivity contribution in [1.29, 1.82) is 0 Å². The smallest absolute Gasteiger partial charge is 0.257 e. The fraction of sp³-hybridized carbons (Fsp3) is 0.200. The van der Waals surface area contributed by atoms with E-state index in [1.54, 1.807) is 24.4 Å². The number of aromatic nitrogens is 1. The third-order valence-electron chi connectivity index (χ3n) is 4.00. The Morgan fingerprint density at radius 1 is 1.08 bits per heavy atom. The van der Waals surface area contributed by atoms with E-state index in [9.17, 15) is 4.79 Å². The number of amides is 1. The Morgan fingerprint density at radius 3 is 2.73 bits per heavy atom. The molecule has 1 amide bonds. The van der Waals surface area contributed by atoms with Gasteiger partial charge in [0.05, 0.1) is 13.2 Å². The first-order valence-electron chi connectivity index (χ1n) is 8.47. The van der Waals surface area contributed by atoms with E-state index in [0.29, 0.717) is 35.4 Å². The van der Waals surface area contributed by atoms with E-state index in [1.165, 1.54) is 16.9 Å². The van der Waals surface area contributed by atoms with Gasteiger partial charge in [-0.2, -0.15) is 0 Å². The average molecular weight is 366 g/mol. The minimum atomic E-state index is -0.207. The van der Waals surface area contributed by atoms with Crippen LogP contribution in [0.5, 0.6) is 11.5 Å². The first-order valence-corrected chi connectivity index (χ1v) is 9.29. The van der Waals surface area contributed by atoms with Gasteiger partial charge in [0.25, 0.3) is 5.91 Å². The Bertz CT molecular complexity index is 908. The van der Waals surface area contributed by atoms with Crippen LogP contribution in [0.4, 0.5) is 5.13 Å². The van der Waals surface area contributed by atoms with E-state index in [4.69, 9.17) is 9.47 Å². The molecule has 1 aliphatic rings. The summed E-state index contributed by atoms with van der Waals surface area (Å²) in [5.74, 6) is 1.08. The predicted molar refractivity (Wildman–Crippen MR) is 101 cm³/mol. The average Bonchev–Trinajstić information content (AvgIpc) is 2.96. The molecule has 0 aliphatic carbocycles. The summed E-state index contributed by atoms with van der Waals surface area (Å²) in [6.45, 7) is 1.22. The van der Waals surface area contributed by atoms with Crippen molar-refractivity contribution in [3.63, 3.8) is 0 Å². The maximum atomic E-state index is 12.5. The van der Waals surface area contributed by atoms with Crippen molar-refractivity contribution < 1.29 is 14.3 Å². The van der Waals surface area contributed by atoms with Gasteiger partial charge in [0, 0.05) is 29.5 Å². The molecule has 2 aromatic carbocycles. The molecule has 2 heterocycles. The van der Waals surface area contributed by atoms with Gasteiger partial charge in [-0.25, -0.2) is 4.98 Å². The van der Waals surface area contributed by atoms with Gasteiger partial charge < -0.3 is 9.47 Å². The highest BCUT2D eigenvalue weighted by molar-refractivity contribution is 7.15. The number of nitrogens with zero attached hydrogens (tertiary/aromatic N) is 1. The van der Waals surface area contributed by atoms with E-state index >= 15 is 0 Å². The number of benzene rings is 2. The molecule has 0 saturated carbocycles. The Kier molecular flexibility index (Phi) is 4.84. The minimum Gasteiger partial charge on any atom is -0.490 e. The number of anilines is 1. The largest absolute Gasteiger partial charge is 0.490 e. The van der Waals surface area contributed by atoms with Crippen LogP contribution in [0.1, 0.15) is 27.2 Å². The van der Waals surface area contributed by atoms with Gasteiger partial charge in [0.2, 0.25) is 0 Å². The first kappa shape index (κ1) is 16.6. The normalized spacial score (nSPS) is 13.1. The number of thiazole rings is 1. The van der Waals surface area contributed by atoms with Crippen molar-refractivity contribution in [2.45, 2.75) is 12.8 Å². The van der Waals surface area contributed by atoms with Crippen LogP contribution in [0.15, 0.2) is 54.7 Å². The van der Waals surface area contributed by atoms with Gasteiger partial charge in [-0.1, -0.05) is 30.3 Å². The molecule has 0 radical (unpaired) electrons. The second kappa shape index (κ2) is 7.58. The monoisotopic (exact) mass is 366 g/mol. The molecule has 1 N–H and O–H groups in total. The summed E-state index contributed by atoms with van der Waals surface area (Å²) >= 11 is 1.48. The minimum absolute atomic E-state index is 0.207. The Balaban J connectivity index is 1.44. The van der Waals surface area contributed by atoms with E-state index in [2.05, 4.69) is 22.4 Å². The number of carbonyl (C=O) groups excluding carboxylic acids is 1. The van der Waals surface area contributed by atoms with Gasteiger partial charge in [0.15, 0.2) is 16.6 Å². The maximum absolute atomic E-state index is 12.5. The molecule has 3 aromatic rings. The molecule has 0 unspecified atom stereocenters. The predicted octanol–water partition coefficient (Wildman–Crippen LogP) is 4.15. The number of hydrogen-bond donors (Lipinski definition) is 1. The third-order valence-corrected chi connectivity index (χ3v) is 4.92. The van der Waals surface area contributed by atoms with Crippen molar-refractivity contribution in [2.24, 2.45) is 0 Å². The van der Waals surface area contributed by atoms with Gasteiger partial charge in [-0.15, -0.1) is 11.3 Å². The van der Waals surface area contributed by atoms with Crippen LogP contribution >= 0.6 is 11.3 Å². The molecular formula is C20H18N2O3S. The summed E-state index contributed by atoms with van der Waals surface area (Å²) in [6.07, 6.45) is 3.44. The second-order valence-electron chi connectivity index (χ2n) is 5.96. The highest BCUT2D eigenvalue weighted by Crippen LogP contribution is 2.31. The molecule has 0 fully saturated rings. The summed E-state index contributed by atoms with van der Waals surface area (Å²) in [5, 5.41) is 3.45. The summed E-state index contributed by atoms with van der Waals surface area (Å²) in [6, 6.07) is 15.4. The lowest BCUT2D eigenvalue weighted by atomic mass is 10.1. The SMILES string of the molecule is O=C(Nc1ncc(Cc2ccccc2)s1)c1ccc2c(c1)OCCCO2. The number of carbonyl (C=O) groups is 1. The van der Waals surface area contributed by atoms with Gasteiger partial charge in [-0.3, -0.25) is 10.1 Å². The lowest BCUT2D eigenvalue weighted by Gasteiger charge is -2.08. The van der Waals surface area contributed by atoms with E-state index in [-0.39, 0.29) is 5.91 Å².